The summed E-state index contributed by atoms with van der Waals surface area (Å²) in [4.78, 5) is 9.26. The van der Waals surface area contributed by atoms with Gasteiger partial charge in [-0.05, 0) is 25.2 Å². The molecule has 3 N–H and O–H groups in total. The summed E-state index contributed by atoms with van der Waals surface area (Å²) in [6.07, 6.45) is 6.41. The third-order valence-electron chi connectivity index (χ3n) is 4.13. The summed E-state index contributed by atoms with van der Waals surface area (Å²) in [5.41, 5.74) is 3.87. The summed E-state index contributed by atoms with van der Waals surface area (Å²) >= 11 is 0. The number of rotatable bonds is 3. The molecule has 3 rings (SSSR count). The molecule has 2 unspecified atom stereocenters. The van der Waals surface area contributed by atoms with Crippen LogP contribution in [0.2, 0.25) is 0 Å². The highest BCUT2D eigenvalue weighted by molar-refractivity contribution is 5.37. The van der Waals surface area contributed by atoms with Gasteiger partial charge in [-0.25, -0.2) is 15.8 Å². The smallest absolute Gasteiger partial charge is 0.143 e. The molecule has 0 aliphatic heterocycles. The van der Waals surface area contributed by atoms with Gasteiger partial charge in [0.1, 0.15) is 11.6 Å². The lowest BCUT2D eigenvalue weighted by Gasteiger charge is -2.12. The van der Waals surface area contributed by atoms with E-state index in [1.807, 2.05) is 6.07 Å². The fraction of sp³-hybridized carbons (Fsp3) is 0.692. The topological polar surface area (TPSA) is 63.8 Å². The number of nitrogens with one attached hydrogen (secondary N) is 1. The summed E-state index contributed by atoms with van der Waals surface area (Å²) in [6, 6.07) is 2.02. The molecule has 0 bridgehead atoms. The quantitative estimate of drug-likeness (QED) is 0.621. The van der Waals surface area contributed by atoms with Crippen LogP contribution >= 0.6 is 0 Å². The third-order valence-corrected chi connectivity index (χ3v) is 4.13. The zero-order valence-electron chi connectivity index (χ0n) is 10.3. The monoisotopic (exact) mass is 232 g/mol. The summed E-state index contributed by atoms with van der Waals surface area (Å²) in [6.45, 7) is 2.26. The zero-order chi connectivity index (χ0) is 11.8. The van der Waals surface area contributed by atoms with Crippen LogP contribution in [0.4, 0.5) is 5.82 Å². The highest BCUT2D eigenvalue weighted by Gasteiger charge is 2.37. The molecule has 1 aromatic heterocycles. The first-order valence-electron chi connectivity index (χ1n) is 6.63. The van der Waals surface area contributed by atoms with Gasteiger partial charge in [0.05, 0.1) is 0 Å². The van der Waals surface area contributed by atoms with E-state index in [4.69, 9.17) is 10.8 Å². The molecule has 0 saturated heterocycles. The Morgan fingerprint density at radius 2 is 2.00 bits per heavy atom. The summed E-state index contributed by atoms with van der Waals surface area (Å²) < 4.78 is 0. The summed E-state index contributed by atoms with van der Waals surface area (Å²) in [5, 5.41) is 0. The van der Waals surface area contributed by atoms with Crippen LogP contribution in [-0.2, 0) is 0 Å². The van der Waals surface area contributed by atoms with Gasteiger partial charge in [0.2, 0.25) is 0 Å². The van der Waals surface area contributed by atoms with Crippen LogP contribution in [0.15, 0.2) is 6.07 Å². The number of hydrogen-bond donors (Lipinski definition) is 2. The molecule has 2 aliphatic rings. The van der Waals surface area contributed by atoms with Crippen LogP contribution in [0.1, 0.15) is 62.4 Å². The van der Waals surface area contributed by atoms with Gasteiger partial charge in [0, 0.05) is 23.6 Å². The molecule has 1 heterocycles. The maximum absolute atomic E-state index is 5.50. The van der Waals surface area contributed by atoms with Crippen molar-refractivity contribution in [2.24, 2.45) is 11.8 Å². The lowest BCUT2D eigenvalue weighted by atomic mass is 10.0. The van der Waals surface area contributed by atoms with Crippen LogP contribution in [0, 0.1) is 5.92 Å². The first-order valence-corrected chi connectivity index (χ1v) is 6.63. The second-order valence-electron chi connectivity index (χ2n) is 5.48. The van der Waals surface area contributed by atoms with E-state index in [1.54, 1.807) is 0 Å². The lowest BCUT2D eigenvalue weighted by Crippen LogP contribution is -2.12. The van der Waals surface area contributed by atoms with Crippen LogP contribution in [0.25, 0.3) is 0 Å². The van der Waals surface area contributed by atoms with Crippen molar-refractivity contribution in [3.8, 4) is 0 Å². The van der Waals surface area contributed by atoms with Gasteiger partial charge in [0.15, 0.2) is 0 Å². The SMILES string of the molecule is CC1CC1c1nc(NN)cc(C2CCCC2)n1. The molecule has 0 amide bonds. The summed E-state index contributed by atoms with van der Waals surface area (Å²) in [7, 11) is 0. The Labute approximate surface area is 102 Å². The van der Waals surface area contributed by atoms with E-state index >= 15 is 0 Å². The molecular formula is C13H20N4. The van der Waals surface area contributed by atoms with Crippen molar-refractivity contribution in [2.45, 2.75) is 50.9 Å². The molecule has 0 aromatic carbocycles. The van der Waals surface area contributed by atoms with Gasteiger partial charge in [0.25, 0.3) is 0 Å². The average Bonchev–Trinajstić information content (AvgIpc) is 2.87. The van der Waals surface area contributed by atoms with Crippen LogP contribution in [-0.4, -0.2) is 9.97 Å². The molecule has 92 valence electrons. The second-order valence-corrected chi connectivity index (χ2v) is 5.48. The van der Waals surface area contributed by atoms with E-state index in [9.17, 15) is 0 Å². The molecule has 0 spiro atoms. The first kappa shape index (κ1) is 11.0. The average molecular weight is 232 g/mol. The van der Waals surface area contributed by atoms with Crippen molar-refractivity contribution in [1.29, 1.82) is 0 Å². The van der Waals surface area contributed by atoms with E-state index in [1.165, 1.54) is 37.8 Å². The lowest BCUT2D eigenvalue weighted by molar-refractivity contribution is 0.681. The molecule has 2 aliphatic carbocycles. The Morgan fingerprint density at radius 1 is 1.29 bits per heavy atom. The normalized spacial score (nSPS) is 28.4. The van der Waals surface area contributed by atoms with E-state index in [2.05, 4.69) is 17.3 Å². The Hall–Kier alpha value is -1.16. The van der Waals surface area contributed by atoms with Crippen molar-refractivity contribution < 1.29 is 0 Å². The van der Waals surface area contributed by atoms with Gasteiger partial charge in [-0.3, -0.25) is 0 Å². The number of hydrogen-bond acceptors (Lipinski definition) is 4. The summed E-state index contributed by atoms with van der Waals surface area (Å²) in [5.74, 6) is 9.19. The van der Waals surface area contributed by atoms with E-state index in [0.29, 0.717) is 11.8 Å². The van der Waals surface area contributed by atoms with Crippen molar-refractivity contribution in [1.82, 2.24) is 9.97 Å². The fourth-order valence-corrected chi connectivity index (χ4v) is 2.84. The van der Waals surface area contributed by atoms with Crippen molar-refractivity contribution >= 4 is 5.82 Å². The standard InChI is InChI=1S/C13H20N4/c1-8-6-10(8)13-15-11(7-12(16-13)17-14)9-4-2-3-5-9/h7-10H,2-6,14H2,1H3,(H,15,16,17). The van der Waals surface area contributed by atoms with Crippen LogP contribution in [0.5, 0.6) is 0 Å². The number of nitrogen functional groups attached to an aromatic ring is 1. The molecule has 4 nitrogen and oxygen atoms in total. The van der Waals surface area contributed by atoms with Gasteiger partial charge in [-0.2, -0.15) is 0 Å². The molecular weight excluding hydrogens is 212 g/mol. The minimum absolute atomic E-state index is 0.559. The van der Waals surface area contributed by atoms with E-state index in [0.717, 1.165) is 17.6 Å². The van der Waals surface area contributed by atoms with Crippen LogP contribution < -0.4 is 11.3 Å². The van der Waals surface area contributed by atoms with Gasteiger partial charge >= 0.3 is 0 Å². The molecule has 0 radical (unpaired) electrons. The van der Waals surface area contributed by atoms with Crippen LogP contribution in [0.3, 0.4) is 0 Å². The predicted octanol–water partition coefficient (Wildman–Crippen LogP) is 2.54. The van der Waals surface area contributed by atoms with E-state index < -0.39 is 0 Å². The second kappa shape index (κ2) is 4.26. The highest BCUT2D eigenvalue weighted by Crippen LogP contribution is 2.46. The number of aromatic nitrogens is 2. The molecule has 17 heavy (non-hydrogen) atoms. The Balaban J connectivity index is 1.91. The minimum atomic E-state index is 0.559. The molecule has 4 heteroatoms. The maximum Gasteiger partial charge on any atom is 0.143 e. The predicted molar refractivity (Wildman–Crippen MR) is 67.6 cm³/mol. The number of nitrogens with zero attached hydrogens (tertiary/aromatic N) is 2. The number of hydrazine groups is 1. The van der Waals surface area contributed by atoms with Crippen molar-refractivity contribution in [3.63, 3.8) is 0 Å². The van der Waals surface area contributed by atoms with E-state index in [-0.39, 0.29) is 0 Å². The molecule has 1 aromatic rings. The Morgan fingerprint density at radius 3 is 2.59 bits per heavy atom. The van der Waals surface area contributed by atoms with Crippen molar-refractivity contribution in [3.05, 3.63) is 17.6 Å². The Kier molecular flexibility index (Phi) is 2.74. The number of anilines is 1. The number of nitrogens with two attached hydrogens (primary N) is 1. The van der Waals surface area contributed by atoms with Crippen molar-refractivity contribution in [2.75, 3.05) is 5.43 Å². The molecule has 2 atom stereocenters. The molecule has 2 saturated carbocycles. The zero-order valence-corrected chi connectivity index (χ0v) is 10.3. The van der Waals surface area contributed by atoms with Gasteiger partial charge in [-0.15, -0.1) is 0 Å². The maximum atomic E-state index is 5.50. The first-order chi connectivity index (χ1) is 8.28. The molecule has 2 fully saturated rings. The Bertz CT molecular complexity index is 412. The minimum Gasteiger partial charge on any atom is -0.308 e. The van der Waals surface area contributed by atoms with Gasteiger partial charge in [-0.1, -0.05) is 19.8 Å². The largest absolute Gasteiger partial charge is 0.308 e. The fourth-order valence-electron chi connectivity index (χ4n) is 2.84. The van der Waals surface area contributed by atoms with Gasteiger partial charge < -0.3 is 5.43 Å². The third kappa shape index (κ3) is 2.14. The highest BCUT2D eigenvalue weighted by atomic mass is 15.3.